The molecule has 0 radical (unpaired) electrons. The molecule has 3 rings (SSSR count). The average Bonchev–Trinajstić information content (AvgIpc) is 3.05. The summed E-state index contributed by atoms with van der Waals surface area (Å²) in [6.45, 7) is 16.2. The Morgan fingerprint density at radius 1 is 0.860 bits per heavy atom. The third-order valence-electron chi connectivity index (χ3n) is 11.4. The molecule has 0 aromatic carbocycles. The molecule has 0 aromatic heterocycles. The summed E-state index contributed by atoms with van der Waals surface area (Å²) in [5, 5.41) is 57.2. The monoisotopic (exact) mass is 720 g/mol. The van der Waals surface area contributed by atoms with E-state index in [-0.39, 0.29) is 25.4 Å². The molecule has 0 amide bonds. The fourth-order valence-electron chi connectivity index (χ4n) is 8.11. The molecule has 0 unspecified atom stereocenters. The van der Waals surface area contributed by atoms with E-state index in [4.69, 9.17) is 33.2 Å². The predicted molar refractivity (Wildman–Crippen MR) is 180 cm³/mol. The SMILES string of the molecule is CC[C@@H]1OC(=O)[C@H](C)[C@H](O[C@H]2C[C@@](C)(OC)[C@@H](O)[C@H](C)O2)[C@H](C)[C@@H](O[C@@H]2O[C@H](C)C[C@H](OC)[C@H]2O)[C@@](C)(O)C[C@@H](C)C(=O)[C@@H](C)[C@@H](O)[C@]1(C)O. The molecule has 3 aliphatic heterocycles. The molecule has 0 aliphatic carbocycles. The molecule has 0 spiro atoms. The number of Topliss-reactive ketones (excluding diaryl/α,β-unsaturated/α-hetero) is 1. The summed E-state index contributed by atoms with van der Waals surface area (Å²) in [5.74, 6) is -5.05. The summed E-state index contributed by atoms with van der Waals surface area (Å²) >= 11 is 0. The molecule has 0 bridgehead atoms. The summed E-state index contributed by atoms with van der Waals surface area (Å²) in [5.41, 5.74) is -4.87. The maximum Gasteiger partial charge on any atom is 0.311 e. The standard InChI is InChI=1S/C36H64O14/c1-13-24-36(10,43)29(39)19(4)26(37)17(2)15-34(8,42)31(50-33-27(38)23(44-11)14-18(3)46-33)20(5)28(21(6)32(41)48-24)49-25-16-35(9,45-12)30(40)22(7)47-25/h17-25,27-31,33,38-40,42-43H,13-16H2,1-12H3/t17-,18-,19-,20+,21-,22+,23+,24+,25+,27-,28-,29-,30+,31-,33+,34+,35-,36-/m1/s1. The number of carbonyl (C=O) groups is 2. The number of ether oxygens (including phenoxy) is 7. The van der Waals surface area contributed by atoms with Crippen molar-refractivity contribution in [1.29, 1.82) is 0 Å². The van der Waals surface area contributed by atoms with Gasteiger partial charge in [-0.1, -0.05) is 27.7 Å². The van der Waals surface area contributed by atoms with E-state index in [1.54, 1.807) is 41.5 Å². The van der Waals surface area contributed by atoms with Gasteiger partial charge in [-0.15, -0.1) is 0 Å². The number of methoxy groups -OCH3 is 2. The first-order valence-corrected chi connectivity index (χ1v) is 18.0. The first-order valence-electron chi connectivity index (χ1n) is 18.0. The largest absolute Gasteiger partial charge is 0.459 e. The maximum atomic E-state index is 14.0. The zero-order chi connectivity index (χ0) is 38.1. The Balaban J connectivity index is 2.17. The zero-order valence-electron chi connectivity index (χ0n) is 31.9. The topological polar surface area (TPSA) is 200 Å². The van der Waals surface area contributed by atoms with E-state index < -0.39 is 114 Å². The van der Waals surface area contributed by atoms with Crippen molar-refractivity contribution in [3.8, 4) is 0 Å². The van der Waals surface area contributed by atoms with Crippen molar-refractivity contribution in [2.45, 2.75) is 179 Å². The number of esters is 1. The van der Waals surface area contributed by atoms with E-state index in [1.165, 1.54) is 35.0 Å². The van der Waals surface area contributed by atoms with Crippen LogP contribution in [0.5, 0.6) is 0 Å². The van der Waals surface area contributed by atoms with Crippen LogP contribution >= 0.6 is 0 Å². The molecule has 3 heterocycles. The molecule has 5 N–H and O–H groups in total. The molecule has 50 heavy (non-hydrogen) atoms. The van der Waals surface area contributed by atoms with Crippen LogP contribution in [0.4, 0.5) is 0 Å². The molecular weight excluding hydrogens is 656 g/mol. The quantitative estimate of drug-likeness (QED) is 0.239. The van der Waals surface area contributed by atoms with Crippen molar-refractivity contribution in [2.24, 2.45) is 23.7 Å². The van der Waals surface area contributed by atoms with Crippen LogP contribution in [0.2, 0.25) is 0 Å². The van der Waals surface area contributed by atoms with Gasteiger partial charge in [0, 0.05) is 44.8 Å². The highest BCUT2D eigenvalue weighted by Gasteiger charge is 2.53. The van der Waals surface area contributed by atoms with Crippen LogP contribution < -0.4 is 0 Å². The maximum absolute atomic E-state index is 14.0. The van der Waals surface area contributed by atoms with E-state index in [0.717, 1.165) is 0 Å². The average molecular weight is 721 g/mol. The van der Waals surface area contributed by atoms with Gasteiger partial charge in [-0.25, -0.2) is 0 Å². The van der Waals surface area contributed by atoms with Crippen molar-refractivity contribution in [2.75, 3.05) is 14.2 Å². The number of cyclic esters (lactones) is 1. The fraction of sp³-hybridized carbons (Fsp3) is 0.944. The van der Waals surface area contributed by atoms with Crippen molar-refractivity contribution >= 4 is 11.8 Å². The number of carbonyl (C=O) groups excluding carboxylic acids is 2. The van der Waals surface area contributed by atoms with Crippen LogP contribution in [0.1, 0.15) is 94.9 Å². The van der Waals surface area contributed by atoms with Crippen LogP contribution in [-0.2, 0) is 42.7 Å². The first-order chi connectivity index (χ1) is 23.1. The van der Waals surface area contributed by atoms with E-state index >= 15 is 0 Å². The minimum Gasteiger partial charge on any atom is -0.459 e. The molecule has 14 nitrogen and oxygen atoms in total. The molecule has 18 atom stereocenters. The molecule has 3 fully saturated rings. The second-order valence-corrected chi connectivity index (χ2v) is 15.7. The minimum atomic E-state index is -2.00. The van der Waals surface area contributed by atoms with Crippen molar-refractivity contribution in [3.63, 3.8) is 0 Å². The van der Waals surface area contributed by atoms with Crippen LogP contribution in [0, 0.1) is 23.7 Å². The summed E-state index contributed by atoms with van der Waals surface area (Å²) in [7, 11) is 2.95. The second kappa shape index (κ2) is 16.8. The van der Waals surface area contributed by atoms with E-state index in [9.17, 15) is 35.1 Å². The third-order valence-corrected chi connectivity index (χ3v) is 11.4. The number of hydrogen-bond acceptors (Lipinski definition) is 14. The van der Waals surface area contributed by atoms with Crippen molar-refractivity contribution in [3.05, 3.63) is 0 Å². The van der Waals surface area contributed by atoms with E-state index in [0.29, 0.717) is 6.42 Å². The smallest absolute Gasteiger partial charge is 0.311 e. The lowest BCUT2D eigenvalue weighted by atomic mass is 9.74. The second-order valence-electron chi connectivity index (χ2n) is 15.7. The van der Waals surface area contributed by atoms with Gasteiger partial charge in [0.25, 0.3) is 0 Å². The number of ketones is 1. The highest BCUT2D eigenvalue weighted by Crippen LogP contribution is 2.40. The lowest BCUT2D eigenvalue weighted by Crippen LogP contribution is -2.60. The Kier molecular flexibility index (Phi) is 14.5. The Bertz CT molecular complexity index is 1130. The van der Waals surface area contributed by atoms with Crippen LogP contribution in [-0.4, -0.2) is 136 Å². The van der Waals surface area contributed by atoms with Gasteiger partial charge in [0.2, 0.25) is 0 Å². The summed E-state index contributed by atoms with van der Waals surface area (Å²) in [6.07, 6.45) is -10.8. The normalized spacial score (nSPS) is 50.4. The number of hydrogen-bond donors (Lipinski definition) is 5. The fourth-order valence-corrected chi connectivity index (χ4v) is 8.11. The number of rotatable bonds is 7. The third kappa shape index (κ3) is 9.07. The van der Waals surface area contributed by atoms with Gasteiger partial charge in [0.05, 0.1) is 53.7 Å². The van der Waals surface area contributed by atoms with E-state index in [1.807, 2.05) is 6.92 Å². The molecule has 3 aliphatic rings. The molecule has 292 valence electrons. The van der Waals surface area contributed by atoms with Gasteiger partial charge in [0.15, 0.2) is 12.6 Å². The molecule has 0 aromatic rings. The zero-order valence-corrected chi connectivity index (χ0v) is 31.9. The van der Waals surface area contributed by atoms with Crippen molar-refractivity contribution in [1.82, 2.24) is 0 Å². The minimum absolute atomic E-state index is 0.0846. The molecule has 14 heteroatoms. The summed E-state index contributed by atoms with van der Waals surface area (Å²) in [4.78, 5) is 27.8. The van der Waals surface area contributed by atoms with Crippen molar-refractivity contribution < 1.29 is 68.3 Å². The first kappa shape index (κ1) is 43.1. The summed E-state index contributed by atoms with van der Waals surface area (Å²) < 4.78 is 42.3. The van der Waals surface area contributed by atoms with E-state index in [2.05, 4.69) is 0 Å². The Labute approximate surface area is 297 Å². The summed E-state index contributed by atoms with van der Waals surface area (Å²) in [6, 6.07) is 0. The highest BCUT2D eigenvalue weighted by molar-refractivity contribution is 5.83. The molecule has 3 saturated heterocycles. The highest BCUT2D eigenvalue weighted by atomic mass is 16.7. The van der Waals surface area contributed by atoms with Gasteiger partial charge in [-0.2, -0.15) is 0 Å². The Morgan fingerprint density at radius 2 is 1.48 bits per heavy atom. The molecular formula is C36H64O14. The van der Waals surface area contributed by atoms with Crippen LogP contribution in [0.15, 0.2) is 0 Å². The number of aliphatic hydroxyl groups excluding tert-OH is 3. The Morgan fingerprint density at radius 3 is 2.04 bits per heavy atom. The predicted octanol–water partition coefficient (Wildman–Crippen LogP) is 1.87. The van der Waals surface area contributed by atoms with Gasteiger partial charge in [0.1, 0.15) is 29.7 Å². The van der Waals surface area contributed by atoms with Crippen LogP contribution in [0.25, 0.3) is 0 Å². The Hall–Kier alpha value is -1.30. The number of aliphatic hydroxyl groups is 5. The lowest BCUT2D eigenvalue weighted by molar-refractivity contribution is -0.322. The lowest BCUT2D eigenvalue weighted by Gasteiger charge is -2.48. The van der Waals surface area contributed by atoms with Gasteiger partial charge in [-0.3, -0.25) is 9.59 Å². The van der Waals surface area contributed by atoms with Gasteiger partial charge >= 0.3 is 5.97 Å². The van der Waals surface area contributed by atoms with Gasteiger partial charge in [-0.05, 0) is 54.4 Å². The van der Waals surface area contributed by atoms with Gasteiger partial charge < -0.3 is 58.7 Å². The van der Waals surface area contributed by atoms with Crippen LogP contribution in [0.3, 0.4) is 0 Å². The molecule has 0 saturated carbocycles.